The zero-order chi connectivity index (χ0) is 16.0. The maximum absolute atomic E-state index is 12.0. The highest BCUT2D eigenvalue weighted by atomic mass is 32.2. The third kappa shape index (κ3) is 5.95. The highest BCUT2D eigenvalue weighted by molar-refractivity contribution is 7.89. The SMILES string of the molecule is CCCC(NC(=O)c1cccc(CS(C)(=O)=O)c1)C(=O)O. The molecule has 6 nitrogen and oxygen atoms in total. The van der Waals surface area contributed by atoms with Crippen molar-refractivity contribution in [3.05, 3.63) is 35.4 Å². The van der Waals surface area contributed by atoms with E-state index in [0.717, 1.165) is 6.26 Å². The van der Waals surface area contributed by atoms with Crippen molar-refractivity contribution in [2.75, 3.05) is 6.26 Å². The predicted molar refractivity (Wildman–Crippen MR) is 78.8 cm³/mol. The van der Waals surface area contributed by atoms with E-state index in [4.69, 9.17) is 5.11 Å². The van der Waals surface area contributed by atoms with Gasteiger partial charge in [-0.25, -0.2) is 13.2 Å². The van der Waals surface area contributed by atoms with E-state index >= 15 is 0 Å². The number of aliphatic carboxylic acids is 1. The number of benzene rings is 1. The Balaban J connectivity index is 2.87. The maximum atomic E-state index is 12.0. The molecule has 1 unspecified atom stereocenters. The van der Waals surface area contributed by atoms with Crippen molar-refractivity contribution in [3.63, 3.8) is 0 Å². The van der Waals surface area contributed by atoms with Gasteiger partial charge in [0.25, 0.3) is 5.91 Å². The fraction of sp³-hybridized carbons (Fsp3) is 0.429. The van der Waals surface area contributed by atoms with Gasteiger partial charge in [0.15, 0.2) is 9.84 Å². The highest BCUT2D eigenvalue weighted by Gasteiger charge is 2.19. The summed E-state index contributed by atoms with van der Waals surface area (Å²) in [6.45, 7) is 1.83. The first-order chi connectivity index (χ1) is 9.73. The van der Waals surface area contributed by atoms with Crippen LogP contribution in [0, 0.1) is 0 Å². The molecule has 0 saturated carbocycles. The molecule has 0 aliphatic carbocycles. The van der Waals surface area contributed by atoms with Crippen LogP contribution >= 0.6 is 0 Å². The number of amides is 1. The van der Waals surface area contributed by atoms with E-state index in [1.807, 2.05) is 6.92 Å². The Bertz CT molecular complexity index is 624. The summed E-state index contributed by atoms with van der Waals surface area (Å²) < 4.78 is 22.5. The molecule has 0 fully saturated rings. The third-order valence-corrected chi connectivity index (χ3v) is 3.66. The molecule has 0 spiro atoms. The number of carbonyl (C=O) groups is 2. The second-order valence-corrected chi connectivity index (χ2v) is 7.06. The first-order valence-corrected chi connectivity index (χ1v) is 8.59. The smallest absolute Gasteiger partial charge is 0.326 e. The minimum absolute atomic E-state index is 0.161. The lowest BCUT2D eigenvalue weighted by Gasteiger charge is -2.13. The van der Waals surface area contributed by atoms with Crippen LogP contribution in [0.3, 0.4) is 0 Å². The summed E-state index contributed by atoms with van der Waals surface area (Å²) >= 11 is 0. The summed E-state index contributed by atoms with van der Waals surface area (Å²) in [6, 6.07) is 5.22. The second-order valence-electron chi connectivity index (χ2n) is 4.92. The number of nitrogens with one attached hydrogen (secondary N) is 1. The van der Waals surface area contributed by atoms with Crippen LogP contribution < -0.4 is 5.32 Å². The van der Waals surface area contributed by atoms with Crippen LogP contribution in [-0.2, 0) is 20.4 Å². The molecule has 0 aliphatic rings. The van der Waals surface area contributed by atoms with Gasteiger partial charge < -0.3 is 10.4 Å². The summed E-state index contributed by atoms with van der Waals surface area (Å²) in [6.07, 6.45) is 2.08. The first kappa shape index (κ1) is 17.2. The molecule has 116 valence electrons. The van der Waals surface area contributed by atoms with Gasteiger partial charge in [-0.15, -0.1) is 0 Å². The normalized spacial score (nSPS) is 12.7. The van der Waals surface area contributed by atoms with Gasteiger partial charge in [-0.3, -0.25) is 4.79 Å². The van der Waals surface area contributed by atoms with Crippen molar-refractivity contribution in [2.45, 2.75) is 31.6 Å². The summed E-state index contributed by atoms with van der Waals surface area (Å²) in [7, 11) is -3.19. The van der Waals surface area contributed by atoms with Gasteiger partial charge in [-0.05, 0) is 24.1 Å². The minimum atomic E-state index is -3.19. The lowest BCUT2D eigenvalue weighted by atomic mass is 10.1. The molecule has 0 aliphatic heterocycles. The second kappa shape index (κ2) is 7.21. The van der Waals surface area contributed by atoms with Crippen molar-refractivity contribution in [2.24, 2.45) is 0 Å². The molecule has 1 rings (SSSR count). The van der Waals surface area contributed by atoms with Crippen LogP contribution in [0.25, 0.3) is 0 Å². The number of carboxylic acids is 1. The van der Waals surface area contributed by atoms with Gasteiger partial charge in [-0.2, -0.15) is 0 Å². The number of hydrogen-bond donors (Lipinski definition) is 2. The van der Waals surface area contributed by atoms with E-state index < -0.39 is 27.8 Å². The molecule has 0 bridgehead atoms. The summed E-state index contributed by atoms with van der Waals surface area (Å²) in [5, 5.41) is 11.4. The fourth-order valence-corrected chi connectivity index (χ4v) is 2.68. The fourth-order valence-electron chi connectivity index (χ4n) is 1.89. The molecule has 0 radical (unpaired) electrons. The lowest BCUT2D eigenvalue weighted by Crippen LogP contribution is -2.40. The van der Waals surface area contributed by atoms with Crippen LogP contribution in [0.2, 0.25) is 0 Å². The molecule has 1 atom stereocenters. The van der Waals surface area contributed by atoms with Crippen LogP contribution in [0.4, 0.5) is 0 Å². The topological polar surface area (TPSA) is 101 Å². The van der Waals surface area contributed by atoms with Gasteiger partial charge in [0, 0.05) is 11.8 Å². The van der Waals surface area contributed by atoms with Crippen molar-refractivity contribution in [1.29, 1.82) is 0 Å². The van der Waals surface area contributed by atoms with Crippen molar-refractivity contribution < 1.29 is 23.1 Å². The van der Waals surface area contributed by atoms with Crippen molar-refractivity contribution in [3.8, 4) is 0 Å². The number of sulfone groups is 1. The monoisotopic (exact) mass is 313 g/mol. The van der Waals surface area contributed by atoms with Crippen LogP contribution in [0.1, 0.15) is 35.7 Å². The summed E-state index contributed by atoms with van der Waals surface area (Å²) in [5.74, 6) is -1.77. The summed E-state index contributed by atoms with van der Waals surface area (Å²) in [4.78, 5) is 23.0. The number of rotatable bonds is 7. The van der Waals surface area contributed by atoms with Crippen LogP contribution in [0.15, 0.2) is 24.3 Å². The number of carbonyl (C=O) groups excluding carboxylic acids is 1. The molecule has 1 amide bonds. The summed E-state index contributed by atoms with van der Waals surface area (Å²) in [5.41, 5.74) is 0.742. The quantitative estimate of drug-likeness (QED) is 0.788. The molecule has 21 heavy (non-hydrogen) atoms. The van der Waals surface area contributed by atoms with Gasteiger partial charge in [0.05, 0.1) is 5.75 Å². The van der Waals surface area contributed by atoms with E-state index in [0.29, 0.717) is 18.4 Å². The zero-order valence-electron chi connectivity index (χ0n) is 12.0. The van der Waals surface area contributed by atoms with Crippen molar-refractivity contribution >= 4 is 21.7 Å². The molecule has 1 aromatic carbocycles. The molecule has 0 aromatic heterocycles. The predicted octanol–water partition coefficient (Wildman–Crippen LogP) is 1.21. The molecule has 0 saturated heterocycles. The Labute approximate surface area is 124 Å². The first-order valence-electron chi connectivity index (χ1n) is 6.53. The van der Waals surface area contributed by atoms with Crippen LogP contribution in [-0.4, -0.2) is 37.7 Å². The largest absolute Gasteiger partial charge is 0.480 e. The molecular weight excluding hydrogens is 294 g/mol. The Morgan fingerprint density at radius 2 is 2.00 bits per heavy atom. The average Bonchev–Trinajstić information content (AvgIpc) is 2.36. The molecule has 2 N–H and O–H groups in total. The number of carboxylic acid groups (broad SMARTS) is 1. The average molecular weight is 313 g/mol. The lowest BCUT2D eigenvalue weighted by molar-refractivity contribution is -0.139. The third-order valence-electron chi connectivity index (χ3n) is 2.80. The molecule has 0 heterocycles. The van der Waals surface area contributed by atoms with E-state index in [1.54, 1.807) is 12.1 Å². The Morgan fingerprint density at radius 1 is 1.33 bits per heavy atom. The van der Waals surface area contributed by atoms with E-state index in [9.17, 15) is 18.0 Å². The highest BCUT2D eigenvalue weighted by Crippen LogP contribution is 2.09. The Kier molecular flexibility index (Phi) is 5.90. The zero-order valence-corrected chi connectivity index (χ0v) is 12.8. The van der Waals surface area contributed by atoms with E-state index in [2.05, 4.69) is 5.32 Å². The minimum Gasteiger partial charge on any atom is -0.480 e. The molecular formula is C14H19NO5S. The van der Waals surface area contributed by atoms with Gasteiger partial charge in [0.2, 0.25) is 0 Å². The number of hydrogen-bond acceptors (Lipinski definition) is 4. The van der Waals surface area contributed by atoms with Gasteiger partial charge >= 0.3 is 5.97 Å². The molecule has 7 heteroatoms. The van der Waals surface area contributed by atoms with E-state index in [1.165, 1.54) is 12.1 Å². The molecule has 1 aromatic rings. The standard InChI is InChI=1S/C14H19NO5S/c1-3-5-12(14(17)18)15-13(16)11-7-4-6-10(8-11)9-21(2,19)20/h4,6-8,12H,3,5,9H2,1-2H3,(H,15,16)(H,17,18). The van der Waals surface area contributed by atoms with Gasteiger partial charge in [0.1, 0.15) is 6.04 Å². The van der Waals surface area contributed by atoms with Crippen LogP contribution in [0.5, 0.6) is 0 Å². The Hall–Kier alpha value is -1.89. The van der Waals surface area contributed by atoms with Gasteiger partial charge in [-0.1, -0.05) is 25.5 Å². The van der Waals surface area contributed by atoms with E-state index in [-0.39, 0.29) is 11.3 Å². The maximum Gasteiger partial charge on any atom is 0.326 e. The van der Waals surface area contributed by atoms with Crippen molar-refractivity contribution in [1.82, 2.24) is 5.32 Å². The Morgan fingerprint density at radius 3 is 2.52 bits per heavy atom.